The fourth-order valence-corrected chi connectivity index (χ4v) is 4.62. The van der Waals surface area contributed by atoms with E-state index in [9.17, 15) is 0 Å². The number of hydrogen-bond donors (Lipinski definition) is 0. The molecule has 2 saturated heterocycles. The van der Waals surface area contributed by atoms with E-state index in [-0.39, 0.29) is 0 Å². The predicted molar refractivity (Wildman–Crippen MR) is 136 cm³/mol. The van der Waals surface area contributed by atoms with Crippen molar-refractivity contribution in [1.29, 1.82) is 0 Å². The van der Waals surface area contributed by atoms with Gasteiger partial charge in [0.15, 0.2) is 0 Å². The van der Waals surface area contributed by atoms with E-state index in [4.69, 9.17) is 9.47 Å². The van der Waals surface area contributed by atoms with Crippen LogP contribution in [-0.4, -0.2) is 94.4 Å². The van der Waals surface area contributed by atoms with Crippen LogP contribution in [0.5, 0.6) is 11.5 Å². The topological polar surface area (TPSA) is 31.4 Å². The van der Waals surface area contributed by atoms with Crippen LogP contribution < -0.4 is 14.4 Å². The van der Waals surface area contributed by atoms with Gasteiger partial charge in [-0.1, -0.05) is 18.2 Å². The number of methoxy groups -OCH3 is 1. The zero-order chi connectivity index (χ0) is 22.9. The molecule has 0 radical (unpaired) electrons. The standard InChI is InChI=1S/C27H40N4O2/c1-28-13-15-30(16-14-28)23-24-8-10-26(11-9-24)33-21-4-3-12-29-17-19-31(20-18-29)25-6-5-7-27(22-25)32-2/h5-11,22H,3-4,12-21,23H2,1-2H3. The van der Waals surface area contributed by atoms with E-state index in [0.29, 0.717) is 0 Å². The molecule has 0 aromatic heterocycles. The van der Waals surface area contributed by atoms with Crippen LogP contribution in [0.25, 0.3) is 0 Å². The Balaban J connectivity index is 1.08. The van der Waals surface area contributed by atoms with Gasteiger partial charge in [-0.15, -0.1) is 0 Å². The molecule has 2 aliphatic heterocycles. The third-order valence-corrected chi connectivity index (χ3v) is 6.85. The van der Waals surface area contributed by atoms with Crippen molar-refractivity contribution in [2.45, 2.75) is 19.4 Å². The highest BCUT2D eigenvalue weighted by Crippen LogP contribution is 2.22. The molecule has 0 unspecified atom stereocenters. The van der Waals surface area contributed by atoms with E-state index >= 15 is 0 Å². The molecule has 4 rings (SSSR count). The Bertz CT molecular complexity index is 828. The molecule has 6 heteroatoms. The van der Waals surface area contributed by atoms with Crippen LogP contribution in [-0.2, 0) is 6.54 Å². The first-order valence-corrected chi connectivity index (χ1v) is 12.4. The van der Waals surface area contributed by atoms with Crippen molar-refractivity contribution in [3.05, 3.63) is 54.1 Å². The van der Waals surface area contributed by atoms with Crippen LogP contribution in [0.1, 0.15) is 18.4 Å². The van der Waals surface area contributed by atoms with Gasteiger partial charge in [0.2, 0.25) is 0 Å². The average molecular weight is 453 g/mol. The number of benzene rings is 2. The Hall–Kier alpha value is -2.28. The molecule has 0 spiro atoms. The summed E-state index contributed by atoms with van der Waals surface area (Å²) in [6.45, 7) is 12.0. The molecule has 33 heavy (non-hydrogen) atoms. The molecule has 2 aromatic carbocycles. The monoisotopic (exact) mass is 452 g/mol. The van der Waals surface area contributed by atoms with Crippen molar-refractivity contribution in [1.82, 2.24) is 14.7 Å². The normalized spacial score (nSPS) is 18.4. The van der Waals surface area contributed by atoms with Gasteiger partial charge in [-0.2, -0.15) is 0 Å². The summed E-state index contributed by atoms with van der Waals surface area (Å²) in [5.41, 5.74) is 2.64. The van der Waals surface area contributed by atoms with Gasteiger partial charge in [0.25, 0.3) is 0 Å². The number of ether oxygens (including phenoxy) is 2. The quantitative estimate of drug-likeness (QED) is 0.514. The molecule has 0 N–H and O–H groups in total. The second-order valence-electron chi connectivity index (χ2n) is 9.31. The molecule has 0 aliphatic carbocycles. The molecule has 0 saturated carbocycles. The Morgan fingerprint density at radius 3 is 2.21 bits per heavy atom. The van der Waals surface area contributed by atoms with Gasteiger partial charge in [-0.05, 0) is 56.3 Å². The summed E-state index contributed by atoms with van der Waals surface area (Å²) in [7, 11) is 3.93. The fraction of sp³-hybridized carbons (Fsp3) is 0.556. The molecule has 0 bridgehead atoms. The SMILES string of the molecule is COc1cccc(N2CCN(CCCCOc3ccc(CN4CCN(C)CC4)cc3)CC2)c1. The maximum Gasteiger partial charge on any atom is 0.120 e. The summed E-state index contributed by atoms with van der Waals surface area (Å²) >= 11 is 0. The van der Waals surface area contributed by atoms with Gasteiger partial charge in [-0.3, -0.25) is 9.80 Å². The molecule has 2 aliphatic rings. The minimum atomic E-state index is 0.793. The average Bonchev–Trinajstić information content (AvgIpc) is 2.86. The Morgan fingerprint density at radius 2 is 1.48 bits per heavy atom. The van der Waals surface area contributed by atoms with Crippen LogP contribution in [0, 0.1) is 0 Å². The number of rotatable bonds is 10. The number of piperazine rings is 2. The minimum absolute atomic E-state index is 0.793. The van der Waals surface area contributed by atoms with Crippen molar-refractivity contribution in [3.8, 4) is 11.5 Å². The van der Waals surface area contributed by atoms with Crippen molar-refractivity contribution >= 4 is 5.69 Å². The van der Waals surface area contributed by atoms with Gasteiger partial charge in [0, 0.05) is 70.7 Å². The van der Waals surface area contributed by atoms with Gasteiger partial charge < -0.3 is 19.3 Å². The fourth-order valence-electron chi connectivity index (χ4n) is 4.62. The molecular formula is C27H40N4O2. The molecule has 0 amide bonds. The van der Waals surface area contributed by atoms with Crippen LogP contribution >= 0.6 is 0 Å². The minimum Gasteiger partial charge on any atom is -0.497 e. The largest absolute Gasteiger partial charge is 0.497 e. The number of likely N-dealkylation sites (N-methyl/N-ethyl adjacent to an activating group) is 1. The Kier molecular flexibility index (Phi) is 8.86. The van der Waals surface area contributed by atoms with Gasteiger partial charge in [0.05, 0.1) is 13.7 Å². The summed E-state index contributed by atoms with van der Waals surface area (Å²) in [6, 6.07) is 17.1. The lowest BCUT2D eigenvalue weighted by molar-refractivity contribution is 0.148. The summed E-state index contributed by atoms with van der Waals surface area (Å²) in [4.78, 5) is 9.96. The van der Waals surface area contributed by atoms with Gasteiger partial charge in [0.1, 0.15) is 11.5 Å². The predicted octanol–water partition coefficient (Wildman–Crippen LogP) is 3.42. The Morgan fingerprint density at radius 1 is 0.758 bits per heavy atom. The number of unbranched alkanes of at least 4 members (excludes halogenated alkanes) is 1. The maximum absolute atomic E-state index is 5.99. The van der Waals surface area contributed by atoms with Crippen molar-refractivity contribution in [2.75, 3.05) is 84.6 Å². The van der Waals surface area contributed by atoms with Crippen molar-refractivity contribution in [3.63, 3.8) is 0 Å². The number of nitrogens with zero attached hydrogens (tertiary/aromatic N) is 4. The molecule has 0 atom stereocenters. The van der Waals surface area contributed by atoms with Crippen molar-refractivity contribution in [2.24, 2.45) is 0 Å². The summed E-state index contributed by atoms with van der Waals surface area (Å²) < 4.78 is 11.4. The summed E-state index contributed by atoms with van der Waals surface area (Å²) in [5.74, 6) is 1.92. The zero-order valence-electron chi connectivity index (χ0n) is 20.4. The van der Waals surface area contributed by atoms with E-state index < -0.39 is 0 Å². The molecule has 6 nitrogen and oxygen atoms in total. The third kappa shape index (κ3) is 7.36. The first kappa shape index (κ1) is 23.9. The highest BCUT2D eigenvalue weighted by molar-refractivity contribution is 5.51. The first-order valence-electron chi connectivity index (χ1n) is 12.4. The maximum atomic E-state index is 5.99. The van der Waals surface area contributed by atoms with E-state index in [0.717, 1.165) is 76.9 Å². The molecule has 2 heterocycles. The second-order valence-corrected chi connectivity index (χ2v) is 9.31. The van der Waals surface area contributed by atoms with Crippen LogP contribution in [0.2, 0.25) is 0 Å². The van der Waals surface area contributed by atoms with Gasteiger partial charge in [-0.25, -0.2) is 0 Å². The Labute approximate surface area is 199 Å². The van der Waals surface area contributed by atoms with E-state index in [1.807, 2.05) is 6.07 Å². The van der Waals surface area contributed by atoms with Gasteiger partial charge >= 0.3 is 0 Å². The van der Waals surface area contributed by atoms with E-state index in [1.54, 1.807) is 7.11 Å². The van der Waals surface area contributed by atoms with Crippen LogP contribution in [0.3, 0.4) is 0 Å². The lowest BCUT2D eigenvalue weighted by atomic mass is 10.2. The molecule has 2 aromatic rings. The van der Waals surface area contributed by atoms with Crippen molar-refractivity contribution < 1.29 is 9.47 Å². The summed E-state index contributed by atoms with van der Waals surface area (Å²) in [5, 5.41) is 0. The molecule has 2 fully saturated rings. The number of hydrogen-bond acceptors (Lipinski definition) is 6. The second kappa shape index (κ2) is 12.3. The zero-order valence-corrected chi connectivity index (χ0v) is 20.4. The first-order chi connectivity index (χ1) is 16.2. The van der Waals surface area contributed by atoms with Crippen LogP contribution in [0.15, 0.2) is 48.5 Å². The lowest BCUT2D eigenvalue weighted by Gasteiger charge is -2.36. The number of anilines is 1. The smallest absolute Gasteiger partial charge is 0.120 e. The molecule has 180 valence electrons. The summed E-state index contributed by atoms with van der Waals surface area (Å²) in [6.07, 6.45) is 2.28. The molecular weight excluding hydrogens is 412 g/mol. The van der Waals surface area contributed by atoms with E-state index in [2.05, 4.69) is 69.1 Å². The third-order valence-electron chi connectivity index (χ3n) is 6.85. The van der Waals surface area contributed by atoms with E-state index in [1.165, 1.54) is 30.8 Å². The lowest BCUT2D eigenvalue weighted by Crippen LogP contribution is -2.46. The highest BCUT2D eigenvalue weighted by atomic mass is 16.5. The highest BCUT2D eigenvalue weighted by Gasteiger charge is 2.17. The van der Waals surface area contributed by atoms with Crippen LogP contribution in [0.4, 0.5) is 5.69 Å².